The van der Waals surface area contributed by atoms with Crippen molar-refractivity contribution in [3.8, 4) is 0 Å². The van der Waals surface area contributed by atoms with E-state index in [0.29, 0.717) is 19.6 Å². The average Bonchev–Trinajstić information content (AvgIpc) is 2.52. The Kier molecular flexibility index (Phi) is 8.12. The van der Waals surface area contributed by atoms with Crippen molar-refractivity contribution in [2.24, 2.45) is 5.73 Å². The second-order valence-corrected chi connectivity index (χ2v) is 4.97. The van der Waals surface area contributed by atoms with Gasteiger partial charge in [-0.2, -0.15) is 0 Å². The number of halogens is 1. The van der Waals surface area contributed by atoms with E-state index in [9.17, 15) is 4.79 Å². The monoisotopic (exact) mass is 313 g/mol. The van der Waals surface area contributed by atoms with E-state index in [2.05, 4.69) is 5.32 Å². The number of hydrogen-bond donors (Lipinski definition) is 2. The van der Waals surface area contributed by atoms with Gasteiger partial charge in [0, 0.05) is 38.9 Å². The smallest absolute Gasteiger partial charge is 0.317 e. The first-order valence-corrected chi connectivity index (χ1v) is 7.17. The second-order valence-electron chi connectivity index (χ2n) is 4.97. The Morgan fingerprint density at radius 3 is 2.57 bits per heavy atom. The lowest BCUT2D eigenvalue weighted by Gasteiger charge is -2.34. The minimum absolute atomic E-state index is 0. The highest BCUT2D eigenvalue weighted by Crippen LogP contribution is 2.14. The molecule has 1 aliphatic rings. The summed E-state index contributed by atoms with van der Waals surface area (Å²) in [6.45, 7) is 3.06. The molecule has 118 valence electrons. The van der Waals surface area contributed by atoms with E-state index in [1.165, 1.54) is 0 Å². The number of nitrogens with zero attached hydrogens (tertiary/aromatic N) is 1. The van der Waals surface area contributed by atoms with Crippen LogP contribution >= 0.6 is 12.4 Å². The third-order valence-corrected chi connectivity index (χ3v) is 3.55. The van der Waals surface area contributed by atoms with Crippen molar-refractivity contribution in [1.82, 2.24) is 10.2 Å². The summed E-state index contributed by atoms with van der Waals surface area (Å²) < 4.78 is 5.35. The number of urea groups is 1. The van der Waals surface area contributed by atoms with Crippen LogP contribution in [-0.4, -0.2) is 43.3 Å². The van der Waals surface area contributed by atoms with Gasteiger partial charge in [0.2, 0.25) is 0 Å². The SMILES string of the molecule is Cl.NCCN(C(=O)NCc1ccccc1)C1CCOCC1. The zero-order valence-corrected chi connectivity index (χ0v) is 13.0. The van der Waals surface area contributed by atoms with Crippen LogP contribution in [0.4, 0.5) is 4.79 Å². The summed E-state index contributed by atoms with van der Waals surface area (Å²) in [5, 5.41) is 2.97. The molecule has 0 atom stereocenters. The molecule has 0 aromatic heterocycles. The number of rotatable bonds is 5. The lowest BCUT2D eigenvalue weighted by atomic mass is 10.1. The van der Waals surface area contributed by atoms with Gasteiger partial charge in [-0.15, -0.1) is 12.4 Å². The lowest BCUT2D eigenvalue weighted by Crippen LogP contribution is -2.49. The fraction of sp³-hybridized carbons (Fsp3) is 0.533. The third-order valence-electron chi connectivity index (χ3n) is 3.55. The molecule has 0 radical (unpaired) electrons. The Bertz CT molecular complexity index is 411. The van der Waals surface area contributed by atoms with Gasteiger partial charge >= 0.3 is 6.03 Å². The molecule has 1 fully saturated rings. The van der Waals surface area contributed by atoms with Crippen LogP contribution in [-0.2, 0) is 11.3 Å². The van der Waals surface area contributed by atoms with Gasteiger partial charge in [-0.05, 0) is 18.4 Å². The van der Waals surface area contributed by atoms with Crippen LogP contribution < -0.4 is 11.1 Å². The fourth-order valence-corrected chi connectivity index (χ4v) is 2.46. The van der Waals surface area contributed by atoms with E-state index in [4.69, 9.17) is 10.5 Å². The number of nitrogens with one attached hydrogen (secondary N) is 1. The van der Waals surface area contributed by atoms with Crippen LogP contribution in [0.5, 0.6) is 0 Å². The van der Waals surface area contributed by atoms with E-state index >= 15 is 0 Å². The summed E-state index contributed by atoms with van der Waals surface area (Å²) in [6, 6.07) is 10.1. The standard InChI is InChI=1S/C15H23N3O2.ClH/c16-8-9-18(14-6-10-20-11-7-14)15(19)17-12-13-4-2-1-3-5-13;/h1-5,14H,6-12,16H2,(H,17,19);1H. The Balaban J connectivity index is 0.00000220. The Labute approximate surface area is 132 Å². The zero-order chi connectivity index (χ0) is 14.2. The number of hydrogen-bond acceptors (Lipinski definition) is 3. The predicted molar refractivity (Wildman–Crippen MR) is 85.5 cm³/mol. The van der Waals surface area contributed by atoms with Gasteiger partial charge < -0.3 is 20.7 Å². The van der Waals surface area contributed by atoms with Gasteiger partial charge in [0.05, 0.1) is 0 Å². The van der Waals surface area contributed by atoms with Gasteiger partial charge in [-0.25, -0.2) is 4.79 Å². The van der Waals surface area contributed by atoms with Crippen LogP contribution in [0.15, 0.2) is 30.3 Å². The molecule has 1 aromatic carbocycles. The number of ether oxygens (including phenoxy) is 1. The number of nitrogens with two attached hydrogens (primary N) is 1. The molecule has 1 aromatic rings. The maximum Gasteiger partial charge on any atom is 0.317 e. The van der Waals surface area contributed by atoms with Gasteiger partial charge in [0.1, 0.15) is 0 Å². The number of carbonyl (C=O) groups is 1. The maximum atomic E-state index is 12.3. The zero-order valence-electron chi connectivity index (χ0n) is 12.2. The Morgan fingerprint density at radius 1 is 1.29 bits per heavy atom. The molecule has 2 amide bonds. The molecule has 1 aliphatic heterocycles. The van der Waals surface area contributed by atoms with E-state index < -0.39 is 0 Å². The van der Waals surface area contributed by atoms with Crippen LogP contribution in [0.25, 0.3) is 0 Å². The minimum Gasteiger partial charge on any atom is -0.381 e. The van der Waals surface area contributed by atoms with Gasteiger partial charge in [-0.3, -0.25) is 0 Å². The Hall–Kier alpha value is -1.30. The van der Waals surface area contributed by atoms with Crippen molar-refractivity contribution in [2.75, 3.05) is 26.3 Å². The first-order chi connectivity index (χ1) is 9.81. The quantitative estimate of drug-likeness (QED) is 0.870. The van der Waals surface area contributed by atoms with Gasteiger partial charge in [0.15, 0.2) is 0 Å². The molecule has 0 spiro atoms. The molecule has 0 saturated carbocycles. The topological polar surface area (TPSA) is 67.6 Å². The van der Waals surface area contributed by atoms with Crippen molar-refractivity contribution in [1.29, 1.82) is 0 Å². The lowest BCUT2D eigenvalue weighted by molar-refractivity contribution is 0.0466. The number of carbonyl (C=O) groups excluding carboxylic acids is 1. The van der Waals surface area contributed by atoms with Crippen LogP contribution in [0.2, 0.25) is 0 Å². The molecule has 1 saturated heterocycles. The molecular weight excluding hydrogens is 290 g/mol. The largest absolute Gasteiger partial charge is 0.381 e. The molecule has 0 bridgehead atoms. The molecule has 21 heavy (non-hydrogen) atoms. The van der Waals surface area contributed by atoms with E-state index in [1.807, 2.05) is 35.2 Å². The fourth-order valence-electron chi connectivity index (χ4n) is 2.46. The molecule has 2 rings (SSSR count). The van der Waals surface area contributed by atoms with Crippen molar-refractivity contribution < 1.29 is 9.53 Å². The summed E-state index contributed by atoms with van der Waals surface area (Å²) in [7, 11) is 0. The van der Waals surface area contributed by atoms with Crippen molar-refractivity contribution in [3.05, 3.63) is 35.9 Å². The van der Waals surface area contributed by atoms with Gasteiger partial charge in [-0.1, -0.05) is 30.3 Å². The highest BCUT2D eigenvalue weighted by Gasteiger charge is 2.24. The summed E-state index contributed by atoms with van der Waals surface area (Å²) in [4.78, 5) is 14.2. The molecule has 6 heteroatoms. The summed E-state index contributed by atoms with van der Waals surface area (Å²) >= 11 is 0. The average molecular weight is 314 g/mol. The minimum atomic E-state index is -0.0359. The number of benzene rings is 1. The highest BCUT2D eigenvalue weighted by molar-refractivity contribution is 5.85. The summed E-state index contributed by atoms with van der Waals surface area (Å²) in [5.41, 5.74) is 6.73. The second kappa shape index (κ2) is 9.60. The molecule has 1 heterocycles. The maximum absolute atomic E-state index is 12.3. The first kappa shape index (κ1) is 17.8. The molecule has 5 nitrogen and oxygen atoms in total. The number of amides is 2. The van der Waals surface area contributed by atoms with E-state index in [-0.39, 0.29) is 24.5 Å². The van der Waals surface area contributed by atoms with Crippen LogP contribution in [0.1, 0.15) is 18.4 Å². The first-order valence-electron chi connectivity index (χ1n) is 7.17. The molecule has 0 unspecified atom stereocenters. The predicted octanol–water partition coefficient (Wildman–Crippen LogP) is 1.76. The summed E-state index contributed by atoms with van der Waals surface area (Å²) in [6.07, 6.45) is 1.78. The van der Waals surface area contributed by atoms with Crippen molar-refractivity contribution >= 4 is 18.4 Å². The van der Waals surface area contributed by atoms with E-state index in [0.717, 1.165) is 31.6 Å². The van der Waals surface area contributed by atoms with Crippen molar-refractivity contribution in [2.45, 2.75) is 25.4 Å². The van der Waals surface area contributed by atoms with Crippen LogP contribution in [0.3, 0.4) is 0 Å². The summed E-state index contributed by atoms with van der Waals surface area (Å²) in [5.74, 6) is 0. The van der Waals surface area contributed by atoms with Crippen LogP contribution in [0, 0.1) is 0 Å². The molecular formula is C15H24ClN3O2. The van der Waals surface area contributed by atoms with Crippen molar-refractivity contribution in [3.63, 3.8) is 0 Å². The van der Waals surface area contributed by atoms with Gasteiger partial charge in [0.25, 0.3) is 0 Å². The molecule has 3 N–H and O–H groups in total. The Morgan fingerprint density at radius 2 is 1.95 bits per heavy atom. The third kappa shape index (κ3) is 5.53. The molecule has 0 aliphatic carbocycles. The van der Waals surface area contributed by atoms with E-state index in [1.54, 1.807) is 0 Å². The highest BCUT2D eigenvalue weighted by atomic mass is 35.5. The normalized spacial score (nSPS) is 15.1.